The van der Waals surface area contributed by atoms with Crippen LogP contribution in [0.3, 0.4) is 0 Å². The topological polar surface area (TPSA) is 68.0 Å². The molecule has 2 heterocycles. The van der Waals surface area contributed by atoms with Crippen LogP contribution in [0.1, 0.15) is 27.0 Å². The first-order valence-electron chi connectivity index (χ1n) is 6.71. The summed E-state index contributed by atoms with van der Waals surface area (Å²) in [5, 5.41) is 3.29. The first-order valence-corrected chi connectivity index (χ1v) is 6.71. The van der Waals surface area contributed by atoms with Crippen LogP contribution in [0.15, 0.2) is 36.5 Å². The molecule has 0 aliphatic carbocycles. The number of fused-ring (bicyclic) bond motifs is 1. The fraction of sp³-hybridized carbons (Fsp3) is 0.250. The molecule has 0 radical (unpaired) electrons. The lowest BCUT2D eigenvalue weighted by Crippen LogP contribution is -2.42. The van der Waals surface area contributed by atoms with Crippen molar-refractivity contribution in [1.82, 2.24) is 10.3 Å². The lowest BCUT2D eigenvalue weighted by molar-refractivity contribution is 0.0938. The Morgan fingerprint density at radius 2 is 2.10 bits per heavy atom. The Balaban J connectivity index is 1.88. The number of aromatic nitrogens is 1. The molecule has 2 aromatic rings. The van der Waals surface area contributed by atoms with Gasteiger partial charge in [0.1, 0.15) is 5.82 Å². The van der Waals surface area contributed by atoms with Crippen molar-refractivity contribution < 1.29 is 4.79 Å². The van der Waals surface area contributed by atoms with Crippen LogP contribution in [0.5, 0.6) is 0 Å². The summed E-state index contributed by atoms with van der Waals surface area (Å²) >= 11 is 0. The van der Waals surface area contributed by atoms with Gasteiger partial charge in [0.05, 0.1) is 11.6 Å². The molecule has 4 heteroatoms. The van der Waals surface area contributed by atoms with Crippen molar-refractivity contribution in [2.24, 2.45) is 0 Å². The van der Waals surface area contributed by atoms with Crippen LogP contribution in [-0.4, -0.2) is 16.8 Å². The van der Waals surface area contributed by atoms with Gasteiger partial charge in [-0.3, -0.25) is 4.79 Å². The largest absolute Gasteiger partial charge is 0.383 e. The van der Waals surface area contributed by atoms with E-state index < -0.39 is 0 Å². The van der Waals surface area contributed by atoms with E-state index in [1.165, 1.54) is 11.1 Å². The number of aryl methyl sites for hydroxylation is 1. The Bertz CT molecular complexity index is 667. The number of nitrogens with two attached hydrogens (primary N) is 1. The summed E-state index contributed by atoms with van der Waals surface area (Å²) in [6.45, 7) is 2.62. The first-order chi connectivity index (χ1) is 9.65. The van der Waals surface area contributed by atoms with Crippen LogP contribution in [0.25, 0.3) is 0 Å². The summed E-state index contributed by atoms with van der Waals surface area (Å²) in [7, 11) is 0. The van der Waals surface area contributed by atoms with Crippen molar-refractivity contribution in [2.45, 2.75) is 25.9 Å². The van der Waals surface area contributed by atoms with Crippen LogP contribution in [0, 0.1) is 6.92 Å². The fourth-order valence-corrected chi connectivity index (χ4v) is 2.60. The van der Waals surface area contributed by atoms with E-state index in [1.807, 2.05) is 25.1 Å². The van der Waals surface area contributed by atoms with Gasteiger partial charge in [0, 0.05) is 12.7 Å². The third-order valence-electron chi connectivity index (χ3n) is 3.72. The number of pyridine rings is 1. The highest BCUT2D eigenvalue weighted by Crippen LogP contribution is 2.20. The minimum absolute atomic E-state index is 0.0215. The van der Waals surface area contributed by atoms with E-state index in [2.05, 4.69) is 22.4 Å². The normalized spacial score (nSPS) is 17.6. The average Bonchev–Trinajstić information content (AvgIpc) is 2.48. The van der Waals surface area contributed by atoms with Crippen LogP contribution >= 0.6 is 0 Å². The van der Waals surface area contributed by atoms with Gasteiger partial charge < -0.3 is 11.1 Å². The van der Waals surface area contributed by atoms with E-state index in [4.69, 9.17) is 5.73 Å². The van der Waals surface area contributed by atoms with Crippen LogP contribution in [-0.2, 0) is 13.0 Å². The number of nitrogen functional groups attached to an aromatic ring is 1. The van der Waals surface area contributed by atoms with Crippen molar-refractivity contribution in [3.63, 3.8) is 0 Å². The van der Waals surface area contributed by atoms with Gasteiger partial charge in [-0.1, -0.05) is 24.3 Å². The average molecular weight is 267 g/mol. The molecule has 0 bridgehead atoms. The van der Waals surface area contributed by atoms with Gasteiger partial charge in [-0.05, 0) is 36.1 Å². The lowest BCUT2D eigenvalue weighted by atomic mass is 9.91. The summed E-state index contributed by atoms with van der Waals surface area (Å²) < 4.78 is 0. The highest BCUT2D eigenvalue weighted by atomic mass is 16.1. The fourth-order valence-electron chi connectivity index (χ4n) is 2.60. The van der Waals surface area contributed by atoms with Crippen molar-refractivity contribution in [3.8, 4) is 0 Å². The molecular weight excluding hydrogens is 250 g/mol. The zero-order chi connectivity index (χ0) is 14.1. The third-order valence-corrected chi connectivity index (χ3v) is 3.72. The van der Waals surface area contributed by atoms with Crippen LogP contribution in [0.2, 0.25) is 0 Å². The molecule has 0 amide bonds. The molecule has 0 spiro atoms. The third kappa shape index (κ3) is 2.30. The van der Waals surface area contributed by atoms with Crippen LogP contribution < -0.4 is 11.1 Å². The number of ketones is 1. The number of hydrogen-bond acceptors (Lipinski definition) is 4. The second-order valence-corrected chi connectivity index (χ2v) is 5.22. The maximum atomic E-state index is 12.6. The van der Waals surface area contributed by atoms with Gasteiger partial charge in [-0.25, -0.2) is 4.98 Å². The SMILES string of the molecule is Cc1cnc(N)c(C(=O)C2Cc3ccccc3CN2)c1. The van der Waals surface area contributed by atoms with E-state index in [0.29, 0.717) is 24.3 Å². The Morgan fingerprint density at radius 3 is 2.90 bits per heavy atom. The van der Waals surface area contributed by atoms with Gasteiger partial charge in [-0.15, -0.1) is 0 Å². The monoisotopic (exact) mass is 267 g/mol. The molecule has 1 aliphatic rings. The molecule has 0 saturated carbocycles. The van der Waals surface area contributed by atoms with E-state index in [0.717, 1.165) is 5.56 Å². The summed E-state index contributed by atoms with van der Waals surface area (Å²) in [4.78, 5) is 16.7. The molecule has 1 aromatic heterocycles. The van der Waals surface area contributed by atoms with Crippen molar-refractivity contribution in [1.29, 1.82) is 0 Å². The summed E-state index contributed by atoms with van der Waals surface area (Å²) in [5.74, 6) is 0.328. The minimum Gasteiger partial charge on any atom is -0.383 e. The molecule has 1 unspecified atom stereocenters. The first kappa shape index (κ1) is 12.8. The number of benzene rings is 1. The molecule has 1 aromatic carbocycles. The van der Waals surface area contributed by atoms with Crippen molar-refractivity contribution >= 4 is 11.6 Å². The highest BCUT2D eigenvalue weighted by Gasteiger charge is 2.26. The number of anilines is 1. The predicted molar refractivity (Wildman–Crippen MR) is 78.5 cm³/mol. The van der Waals surface area contributed by atoms with E-state index in [1.54, 1.807) is 6.20 Å². The number of nitrogens with zero attached hydrogens (tertiary/aromatic N) is 1. The smallest absolute Gasteiger partial charge is 0.183 e. The molecule has 0 saturated heterocycles. The summed E-state index contributed by atoms with van der Waals surface area (Å²) in [6, 6.07) is 9.78. The molecule has 1 atom stereocenters. The quantitative estimate of drug-likeness (QED) is 0.815. The van der Waals surface area contributed by atoms with E-state index in [-0.39, 0.29) is 11.8 Å². The zero-order valence-electron chi connectivity index (χ0n) is 11.4. The molecular formula is C16H17N3O. The number of rotatable bonds is 2. The van der Waals surface area contributed by atoms with Gasteiger partial charge in [0.15, 0.2) is 5.78 Å². The molecule has 3 N–H and O–H groups in total. The second kappa shape index (κ2) is 5.06. The minimum atomic E-state index is -0.226. The second-order valence-electron chi connectivity index (χ2n) is 5.22. The van der Waals surface area contributed by atoms with Gasteiger partial charge in [-0.2, -0.15) is 0 Å². The van der Waals surface area contributed by atoms with Crippen LogP contribution in [0.4, 0.5) is 5.82 Å². The van der Waals surface area contributed by atoms with E-state index in [9.17, 15) is 4.79 Å². The number of carbonyl (C=O) groups is 1. The van der Waals surface area contributed by atoms with Gasteiger partial charge in [0.25, 0.3) is 0 Å². The highest BCUT2D eigenvalue weighted by molar-refractivity contribution is 6.04. The summed E-state index contributed by atoms with van der Waals surface area (Å²) in [5.41, 5.74) is 9.77. The molecule has 0 fully saturated rings. The number of nitrogens with one attached hydrogen (secondary N) is 1. The maximum Gasteiger partial charge on any atom is 0.183 e. The Morgan fingerprint density at radius 1 is 1.35 bits per heavy atom. The molecule has 20 heavy (non-hydrogen) atoms. The molecule has 4 nitrogen and oxygen atoms in total. The molecule has 1 aliphatic heterocycles. The van der Waals surface area contributed by atoms with Crippen molar-refractivity contribution in [2.75, 3.05) is 5.73 Å². The lowest BCUT2D eigenvalue weighted by Gasteiger charge is -2.25. The standard InChI is InChI=1S/C16H17N3O/c1-10-6-13(16(17)19-8-10)15(20)14-7-11-4-2-3-5-12(11)9-18-14/h2-6,8,14,18H,7,9H2,1H3,(H2,17,19). The number of hydrogen-bond donors (Lipinski definition) is 2. The molecule has 3 rings (SSSR count). The van der Waals surface area contributed by atoms with Gasteiger partial charge in [0.2, 0.25) is 0 Å². The Hall–Kier alpha value is -2.20. The Kier molecular flexibility index (Phi) is 3.24. The Labute approximate surface area is 118 Å². The predicted octanol–water partition coefficient (Wildman–Crippen LogP) is 1.87. The number of carbonyl (C=O) groups excluding carboxylic acids is 1. The van der Waals surface area contributed by atoms with E-state index >= 15 is 0 Å². The zero-order valence-corrected chi connectivity index (χ0v) is 11.4. The summed E-state index contributed by atoms with van der Waals surface area (Å²) in [6.07, 6.45) is 2.37. The van der Waals surface area contributed by atoms with Crippen molar-refractivity contribution in [3.05, 3.63) is 58.8 Å². The van der Waals surface area contributed by atoms with Gasteiger partial charge >= 0.3 is 0 Å². The number of Topliss-reactive ketones (excluding diaryl/α,β-unsaturated/α-hetero) is 1. The maximum absolute atomic E-state index is 12.6. The molecule has 102 valence electrons.